The molecule has 2 heterocycles. The number of ketones is 1. The number of carbonyl (C=O) groups is 4. The third-order valence-corrected chi connectivity index (χ3v) is 5.97. The number of rotatable bonds is 6. The fourth-order valence-electron chi connectivity index (χ4n) is 4.02. The lowest BCUT2D eigenvalue weighted by atomic mass is 10.0. The van der Waals surface area contributed by atoms with Crippen molar-refractivity contribution in [2.75, 3.05) is 40.8 Å². The van der Waals surface area contributed by atoms with Gasteiger partial charge in [-0.3, -0.25) is 19.2 Å². The Morgan fingerprint density at radius 3 is 2.43 bits per heavy atom. The van der Waals surface area contributed by atoms with Gasteiger partial charge in [-0.05, 0) is 23.8 Å². The number of benzene rings is 2. The summed E-state index contributed by atoms with van der Waals surface area (Å²) in [4.78, 5) is 58.1. The number of aromatic nitrogens is 1. The van der Waals surface area contributed by atoms with Crippen molar-refractivity contribution < 1.29 is 28.3 Å². The van der Waals surface area contributed by atoms with E-state index in [2.05, 4.69) is 4.98 Å². The lowest BCUT2D eigenvalue weighted by Gasteiger charge is -2.34. The first-order valence-corrected chi connectivity index (χ1v) is 11.0. The summed E-state index contributed by atoms with van der Waals surface area (Å²) in [6.45, 7) is 0.813. The van der Waals surface area contributed by atoms with Gasteiger partial charge in [0.2, 0.25) is 5.91 Å². The van der Waals surface area contributed by atoms with Crippen molar-refractivity contribution in [3.8, 4) is 5.75 Å². The lowest BCUT2D eigenvalue weighted by Crippen LogP contribution is -2.51. The number of hydrogen-bond donors (Lipinski definition) is 1. The molecular formula is C25H25FN4O5. The van der Waals surface area contributed by atoms with E-state index in [9.17, 15) is 23.6 Å². The number of nitrogens with zero attached hydrogens (tertiary/aromatic N) is 3. The van der Waals surface area contributed by atoms with Gasteiger partial charge in [0.1, 0.15) is 18.1 Å². The number of Topliss-reactive ketones (excluding diaryl/α,β-unsaturated/α-hetero) is 1. The van der Waals surface area contributed by atoms with Crippen LogP contribution in [0.25, 0.3) is 10.9 Å². The van der Waals surface area contributed by atoms with Crippen molar-refractivity contribution in [1.29, 1.82) is 0 Å². The minimum absolute atomic E-state index is 0.126. The highest BCUT2D eigenvalue weighted by atomic mass is 19.1. The molecule has 0 radical (unpaired) electrons. The number of ether oxygens (including phenoxy) is 1. The van der Waals surface area contributed by atoms with Crippen LogP contribution in [-0.4, -0.2) is 84.0 Å². The summed E-state index contributed by atoms with van der Waals surface area (Å²) in [6.07, 6.45) is 1.43. The Kier molecular flexibility index (Phi) is 6.54. The van der Waals surface area contributed by atoms with E-state index in [0.29, 0.717) is 30.5 Å². The van der Waals surface area contributed by atoms with E-state index in [1.54, 1.807) is 23.1 Å². The predicted octanol–water partition coefficient (Wildman–Crippen LogP) is 2.07. The quantitative estimate of drug-likeness (QED) is 0.430. The second kappa shape index (κ2) is 9.57. The van der Waals surface area contributed by atoms with Crippen molar-refractivity contribution in [2.45, 2.75) is 6.54 Å². The molecule has 4 rings (SSSR count). The van der Waals surface area contributed by atoms with Crippen molar-refractivity contribution in [2.24, 2.45) is 0 Å². The normalized spacial score (nSPS) is 13.8. The summed E-state index contributed by atoms with van der Waals surface area (Å²) in [7, 11) is 4.40. The van der Waals surface area contributed by atoms with Gasteiger partial charge in [0, 0.05) is 56.9 Å². The van der Waals surface area contributed by atoms with Gasteiger partial charge in [0.25, 0.3) is 17.6 Å². The molecule has 1 aromatic heterocycles. The molecule has 1 aliphatic rings. The molecule has 0 unspecified atom stereocenters. The number of nitrogens with one attached hydrogen (secondary N) is 1. The number of hydrogen-bond acceptors (Lipinski definition) is 5. The summed E-state index contributed by atoms with van der Waals surface area (Å²) in [5.41, 5.74) is 1.67. The van der Waals surface area contributed by atoms with Crippen LogP contribution in [0.5, 0.6) is 5.75 Å². The number of aromatic amines is 1. The molecule has 1 N–H and O–H groups in total. The Hall–Kier alpha value is -4.21. The minimum Gasteiger partial charge on any atom is -0.496 e. The monoisotopic (exact) mass is 480 g/mol. The Balaban J connectivity index is 1.56. The number of halogens is 1. The third kappa shape index (κ3) is 4.72. The number of H-pyrrole nitrogens is 1. The number of piperazine rings is 1. The number of amides is 3. The molecule has 35 heavy (non-hydrogen) atoms. The van der Waals surface area contributed by atoms with E-state index in [0.717, 1.165) is 5.56 Å². The molecule has 182 valence electrons. The average Bonchev–Trinajstić information content (AvgIpc) is 3.27. The fraction of sp³-hybridized carbons (Fsp3) is 0.280. The van der Waals surface area contributed by atoms with E-state index in [1.807, 2.05) is 0 Å². The molecule has 0 spiro atoms. The molecule has 3 aromatic rings. The molecule has 0 bridgehead atoms. The zero-order valence-corrected chi connectivity index (χ0v) is 19.6. The fourth-order valence-corrected chi connectivity index (χ4v) is 4.02. The Bertz CT molecular complexity index is 1320. The summed E-state index contributed by atoms with van der Waals surface area (Å²) in [5.74, 6) is -2.10. The van der Waals surface area contributed by atoms with Gasteiger partial charge in [-0.1, -0.05) is 12.1 Å². The zero-order chi connectivity index (χ0) is 25.3. The Morgan fingerprint density at radius 2 is 1.80 bits per heavy atom. The summed E-state index contributed by atoms with van der Waals surface area (Å²) in [6, 6.07) is 9.03. The summed E-state index contributed by atoms with van der Waals surface area (Å²) >= 11 is 0. The summed E-state index contributed by atoms with van der Waals surface area (Å²) in [5, 5.41) is 0.413. The van der Waals surface area contributed by atoms with Gasteiger partial charge in [-0.15, -0.1) is 0 Å². The van der Waals surface area contributed by atoms with Crippen LogP contribution in [0.15, 0.2) is 42.6 Å². The van der Waals surface area contributed by atoms with Gasteiger partial charge in [0.15, 0.2) is 0 Å². The van der Waals surface area contributed by atoms with Gasteiger partial charge in [0.05, 0.1) is 18.2 Å². The van der Waals surface area contributed by atoms with Crippen LogP contribution in [0.3, 0.4) is 0 Å². The lowest BCUT2D eigenvalue weighted by molar-refractivity contribution is -0.135. The number of carbonyl (C=O) groups excluding carboxylic acids is 4. The second-order valence-corrected chi connectivity index (χ2v) is 8.50. The highest BCUT2D eigenvalue weighted by Crippen LogP contribution is 2.30. The highest BCUT2D eigenvalue weighted by Gasteiger charge is 2.30. The van der Waals surface area contributed by atoms with Crippen molar-refractivity contribution in [3.63, 3.8) is 0 Å². The molecule has 9 nitrogen and oxygen atoms in total. The van der Waals surface area contributed by atoms with Gasteiger partial charge < -0.3 is 24.4 Å². The first kappa shape index (κ1) is 23.9. The molecule has 10 heteroatoms. The Morgan fingerprint density at radius 1 is 1.09 bits per heavy atom. The Labute approximate surface area is 201 Å². The molecule has 0 saturated carbocycles. The average molecular weight is 480 g/mol. The van der Waals surface area contributed by atoms with Crippen LogP contribution < -0.4 is 4.74 Å². The van der Waals surface area contributed by atoms with E-state index < -0.39 is 17.6 Å². The SMILES string of the molecule is COc1cc2[nH]cc(C(=O)C(=O)N(C)C)c2cc1C(=O)N1CCN(Cc2ccc(F)cc2)C(=O)C1. The molecule has 1 aliphatic heterocycles. The van der Waals surface area contributed by atoms with Crippen LogP contribution in [-0.2, 0) is 16.1 Å². The largest absolute Gasteiger partial charge is 0.496 e. The van der Waals surface area contributed by atoms with Gasteiger partial charge in [-0.2, -0.15) is 0 Å². The topological polar surface area (TPSA) is 103 Å². The van der Waals surface area contributed by atoms with E-state index in [-0.39, 0.29) is 35.1 Å². The van der Waals surface area contributed by atoms with Crippen LogP contribution in [0.2, 0.25) is 0 Å². The van der Waals surface area contributed by atoms with Crippen molar-refractivity contribution in [1.82, 2.24) is 19.7 Å². The van der Waals surface area contributed by atoms with Crippen molar-refractivity contribution >= 4 is 34.4 Å². The smallest absolute Gasteiger partial charge is 0.294 e. The van der Waals surface area contributed by atoms with Crippen LogP contribution >= 0.6 is 0 Å². The molecule has 1 saturated heterocycles. The van der Waals surface area contributed by atoms with E-state index >= 15 is 0 Å². The van der Waals surface area contributed by atoms with Gasteiger partial charge >= 0.3 is 0 Å². The standard InChI is InChI=1S/C25H25FN4O5/c1-28(2)25(34)23(32)19-12-27-20-11-21(35-3)18(10-17(19)20)24(33)30-9-8-29(22(31)14-30)13-15-4-6-16(26)7-5-15/h4-7,10-12,27H,8-9,13-14H2,1-3H3. The highest BCUT2D eigenvalue weighted by molar-refractivity contribution is 6.44. The summed E-state index contributed by atoms with van der Waals surface area (Å²) < 4.78 is 18.6. The molecule has 0 aliphatic carbocycles. The van der Waals surface area contributed by atoms with E-state index in [4.69, 9.17) is 4.74 Å². The minimum atomic E-state index is -0.700. The molecule has 3 amide bonds. The maximum atomic E-state index is 13.4. The zero-order valence-electron chi connectivity index (χ0n) is 19.6. The third-order valence-electron chi connectivity index (χ3n) is 5.97. The second-order valence-electron chi connectivity index (χ2n) is 8.50. The maximum absolute atomic E-state index is 13.4. The van der Waals surface area contributed by atoms with Gasteiger partial charge in [-0.25, -0.2) is 4.39 Å². The molecule has 0 atom stereocenters. The molecule has 2 aromatic carbocycles. The maximum Gasteiger partial charge on any atom is 0.294 e. The van der Waals surface area contributed by atoms with Crippen LogP contribution in [0.4, 0.5) is 4.39 Å². The number of fused-ring (bicyclic) bond motifs is 1. The van der Waals surface area contributed by atoms with Crippen LogP contribution in [0.1, 0.15) is 26.3 Å². The van der Waals surface area contributed by atoms with Crippen molar-refractivity contribution in [3.05, 3.63) is 65.1 Å². The molecular weight excluding hydrogens is 455 g/mol. The number of likely N-dealkylation sites (N-methyl/N-ethyl adjacent to an activating group) is 1. The van der Waals surface area contributed by atoms with Crippen LogP contribution in [0, 0.1) is 5.82 Å². The first-order valence-electron chi connectivity index (χ1n) is 11.0. The van der Waals surface area contributed by atoms with E-state index in [1.165, 1.54) is 55.4 Å². The number of methoxy groups -OCH3 is 1. The predicted molar refractivity (Wildman–Crippen MR) is 126 cm³/mol. The molecule has 1 fully saturated rings. The first-order chi connectivity index (χ1) is 16.7.